The third-order valence-corrected chi connectivity index (χ3v) is 5.66. The van der Waals surface area contributed by atoms with Crippen LogP contribution in [0, 0.1) is 0 Å². The molecule has 5 rings (SSSR count). The zero-order chi connectivity index (χ0) is 23.9. The summed E-state index contributed by atoms with van der Waals surface area (Å²) in [7, 11) is 0. The van der Waals surface area contributed by atoms with Crippen LogP contribution in [0.3, 0.4) is 0 Å². The number of fused-ring (bicyclic) bond motifs is 1. The minimum absolute atomic E-state index is 0.202. The third-order valence-electron chi connectivity index (χ3n) is 5.66. The molecule has 1 saturated heterocycles. The summed E-state index contributed by atoms with van der Waals surface area (Å²) in [6, 6.07) is 5.77. The van der Waals surface area contributed by atoms with Gasteiger partial charge in [-0.15, -0.1) is 10.2 Å². The molecular formula is C22H18F4N8. The maximum absolute atomic E-state index is 13.8. The number of hydrogen-bond acceptors (Lipinski definition) is 8. The smallest absolute Gasteiger partial charge is 0.352 e. The van der Waals surface area contributed by atoms with E-state index in [-0.39, 0.29) is 17.2 Å². The second-order valence-corrected chi connectivity index (χ2v) is 7.88. The van der Waals surface area contributed by atoms with Gasteiger partial charge in [0.05, 0.1) is 17.4 Å². The van der Waals surface area contributed by atoms with Crippen LogP contribution in [0.4, 0.5) is 34.9 Å². The summed E-state index contributed by atoms with van der Waals surface area (Å²) in [5, 5.41) is 11.4. The molecule has 174 valence electrons. The predicted molar refractivity (Wildman–Crippen MR) is 117 cm³/mol. The molecule has 1 fully saturated rings. The normalized spacial score (nSPS) is 15.9. The van der Waals surface area contributed by atoms with Crippen molar-refractivity contribution in [2.24, 2.45) is 0 Å². The van der Waals surface area contributed by atoms with Crippen LogP contribution in [0.2, 0.25) is 0 Å². The highest BCUT2D eigenvalue weighted by Crippen LogP contribution is 2.31. The van der Waals surface area contributed by atoms with Crippen LogP contribution in [0.5, 0.6) is 0 Å². The number of alkyl halides is 4. The van der Waals surface area contributed by atoms with Gasteiger partial charge in [0.1, 0.15) is 29.4 Å². The van der Waals surface area contributed by atoms with Crippen molar-refractivity contribution in [2.45, 2.75) is 32.2 Å². The van der Waals surface area contributed by atoms with Gasteiger partial charge in [0.25, 0.3) is 0 Å². The van der Waals surface area contributed by atoms with Gasteiger partial charge in [-0.1, -0.05) is 0 Å². The Kier molecular flexibility index (Phi) is 5.42. The molecule has 5 heterocycles. The van der Waals surface area contributed by atoms with Crippen LogP contribution in [0.1, 0.15) is 24.5 Å². The quantitative estimate of drug-likeness (QED) is 0.420. The van der Waals surface area contributed by atoms with Crippen LogP contribution in [0.15, 0.2) is 42.9 Å². The summed E-state index contributed by atoms with van der Waals surface area (Å²) in [6.45, 7) is 2.18. The number of hydrogen-bond donors (Lipinski definition) is 1. The van der Waals surface area contributed by atoms with Crippen molar-refractivity contribution >= 4 is 28.5 Å². The lowest BCUT2D eigenvalue weighted by Gasteiger charge is -2.39. The van der Waals surface area contributed by atoms with E-state index in [9.17, 15) is 17.6 Å². The average Bonchev–Trinajstić information content (AvgIpc) is 2.82. The lowest BCUT2D eigenvalue weighted by atomic mass is 10.1. The Morgan fingerprint density at radius 2 is 1.94 bits per heavy atom. The number of pyridine rings is 2. The first kappa shape index (κ1) is 21.9. The molecule has 1 aliphatic rings. The molecule has 0 spiro atoms. The van der Waals surface area contributed by atoms with Gasteiger partial charge >= 0.3 is 6.18 Å². The molecule has 4 aromatic heterocycles. The monoisotopic (exact) mass is 470 g/mol. The lowest BCUT2D eigenvalue weighted by Crippen LogP contribution is -2.46. The zero-order valence-electron chi connectivity index (χ0n) is 17.9. The fraction of sp³-hybridized carbons (Fsp3) is 0.273. The first-order valence-electron chi connectivity index (χ1n) is 10.4. The second-order valence-electron chi connectivity index (χ2n) is 7.88. The maximum Gasteiger partial charge on any atom is 0.417 e. The van der Waals surface area contributed by atoms with E-state index < -0.39 is 18.4 Å². The standard InChI is InChI=1S/C22H18F4N8/c1-12-5-7-34(12)18-8-13(9-23)19(33-32-18)16-11-29-20-15(4-6-27-21(20)31-16)30-17-3-2-14(10-28-17)22(24,25)26/h2-4,6,8,10-12H,5,7,9H2,1H3,(H,27,28,30,31). The molecule has 1 atom stereocenters. The molecular weight excluding hydrogens is 452 g/mol. The SMILES string of the molecule is CC1CCN1c1cc(CF)c(-c2cnc3c(Nc4ccc(C(F)(F)F)cn4)ccnc3n2)nn1. The molecule has 0 amide bonds. The molecule has 0 aromatic carbocycles. The van der Waals surface area contributed by atoms with Crippen LogP contribution in [-0.4, -0.2) is 42.7 Å². The van der Waals surface area contributed by atoms with Gasteiger partial charge in [0.15, 0.2) is 11.5 Å². The van der Waals surface area contributed by atoms with Crippen molar-refractivity contribution in [3.8, 4) is 11.4 Å². The fourth-order valence-electron chi connectivity index (χ4n) is 3.64. The van der Waals surface area contributed by atoms with Crippen molar-refractivity contribution in [1.82, 2.24) is 30.1 Å². The molecule has 1 aliphatic heterocycles. The van der Waals surface area contributed by atoms with Crippen LogP contribution in [-0.2, 0) is 12.9 Å². The molecule has 8 nitrogen and oxygen atoms in total. The van der Waals surface area contributed by atoms with E-state index in [0.29, 0.717) is 34.3 Å². The largest absolute Gasteiger partial charge is 0.417 e. The number of anilines is 3. The first-order valence-corrected chi connectivity index (χ1v) is 10.4. The minimum Gasteiger partial charge on any atom is -0.352 e. The van der Waals surface area contributed by atoms with Gasteiger partial charge in [0, 0.05) is 30.5 Å². The maximum atomic E-state index is 13.8. The van der Waals surface area contributed by atoms with E-state index in [1.165, 1.54) is 18.5 Å². The zero-order valence-corrected chi connectivity index (χ0v) is 17.9. The summed E-state index contributed by atoms with van der Waals surface area (Å²) in [5.41, 5.74) is 1.17. The van der Waals surface area contributed by atoms with E-state index in [1.54, 1.807) is 12.1 Å². The topological polar surface area (TPSA) is 92.6 Å². The Morgan fingerprint density at radius 3 is 2.59 bits per heavy atom. The van der Waals surface area contributed by atoms with Crippen molar-refractivity contribution in [3.05, 3.63) is 54.0 Å². The number of aromatic nitrogens is 6. The van der Waals surface area contributed by atoms with Crippen LogP contribution < -0.4 is 10.2 Å². The fourth-order valence-corrected chi connectivity index (χ4v) is 3.64. The molecule has 12 heteroatoms. The Bertz CT molecular complexity index is 1340. The summed E-state index contributed by atoms with van der Waals surface area (Å²) >= 11 is 0. The second kappa shape index (κ2) is 8.43. The number of nitrogens with zero attached hydrogens (tertiary/aromatic N) is 7. The van der Waals surface area contributed by atoms with E-state index in [0.717, 1.165) is 25.2 Å². The summed E-state index contributed by atoms with van der Waals surface area (Å²) < 4.78 is 52.1. The molecule has 0 bridgehead atoms. The minimum atomic E-state index is -4.47. The number of halogens is 4. The van der Waals surface area contributed by atoms with E-state index in [4.69, 9.17) is 0 Å². The molecule has 0 aliphatic carbocycles. The Hall–Kier alpha value is -3.96. The van der Waals surface area contributed by atoms with Crippen molar-refractivity contribution in [2.75, 3.05) is 16.8 Å². The van der Waals surface area contributed by atoms with Crippen molar-refractivity contribution in [1.29, 1.82) is 0 Å². The molecule has 34 heavy (non-hydrogen) atoms. The summed E-state index contributed by atoms with van der Waals surface area (Å²) in [6.07, 6.45) is 0.240. The molecule has 1 N–H and O–H groups in total. The third kappa shape index (κ3) is 4.06. The van der Waals surface area contributed by atoms with Crippen molar-refractivity contribution < 1.29 is 17.6 Å². The van der Waals surface area contributed by atoms with Gasteiger partial charge < -0.3 is 10.2 Å². The predicted octanol–water partition coefficient (Wildman–Crippen LogP) is 4.71. The highest BCUT2D eigenvalue weighted by atomic mass is 19.4. The van der Waals surface area contributed by atoms with E-state index in [1.807, 2.05) is 0 Å². The molecule has 4 aromatic rings. The highest BCUT2D eigenvalue weighted by molar-refractivity contribution is 5.87. The van der Waals surface area contributed by atoms with E-state index >= 15 is 0 Å². The Labute approximate surface area is 191 Å². The van der Waals surface area contributed by atoms with Gasteiger partial charge in [-0.3, -0.25) is 0 Å². The molecule has 0 saturated carbocycles. The van der Waals surface area contributed by atoms with Crippen LogP contribution >= 0.6 is 0 Å². The van der Waals surface area contributed by atoms with E-state index in [2.05, 4.69) is 47.3 Å². The number of nitrogens with one attached hydrogen (secondary N) is 1. The average molecular weight is 470 g/mol. The summed E-state index contributed by atoms with van der Waals surface area (Å²) in [4.78, 5) is 18.9. The Balaban J connectivity index is 1.45. The van der Waals surface area contributed by atoms with Gasteiger partial charge in [-0.2, -0.15) is 13.2 Å². The molecule has 0 radical (unpaired) electrons. The highest BCUT2D eigenvalue weighted by Gasteiger charge is 2.30. The van der Waals surface area contributed by atoms with Gasteiger partial charge in [-0.05, 0) is 37.6 Å². The Morgan fingerprint density at radius 1 is 1.09 bits per heavy atom. The van der Waals surface area contributed by atoms with Gasteiger partial charge in [0.2, 0.25) is 0 Å². The lowest BCUT2D eigenvalue weighted by molar-refractivity contribution is -0.137. The number of rotatable bonds is 5. The molecule has 1 unspecified atom stereocenters. The van der Waals surface area contributed by atoms with Crippen molar-refractivity contribution in [3.63, 3.8) is 0 Å². The van der Waals surface area contributed by atoms with Gasteiger partial charge in [-0.25, -0.2) is 24.3 Å². The summed E-state index contributed by atoms with van der Waals surface area (Å²) in [5.74, 6) is 0.824. The van der Waals surface area contributed by atoms with Crippen LogP contribution in [0.25, 0.3) is 22.6 Å². The first-order chi connectivity index (χ1) is 16.3.